The molecular formula is C15H19ClN2O3S2. The highest BCUT2D eigenvalue weighted by atomic mass is 35.5. The lowest BCUT2D eigenvalue weighted by atomic mass is 10.0. The number of carbonyl (C=O) groups excluding carboxylic acids is 1. The number of thioether (sulfide) groups is 1. The molecule has 5 nitrogen and oxygen atoms in total. The number of rotatable bonds is 2. The van der Waals surface area contributed by atoms with Crippen molar-refractivity contribution in [1.82, 2.24) is 9.21 Å². The Balaban J connectivity index is 1.78. The Hall–Kier alpha value is -0.760. The molecule has 2 fully saturated rings. The molecule has 2 heterocycles. The number of nitrogens with zero attached hydrogens (tertiary/aromatic N) is 2. The number of hydrogen-bond acceptors (Lipinski definition) is 4. The van der Waals surface area contributed by atoms with E-state index in [-0.39, 0.29) is 10.8 Å². The van der Waals surface area contributed by atoms with Gasteiger partial charge in [0, 0.05) is 36.0 Å². The fourth-order valence-corrected chi connectivity index (χ4v) is 5.65. The van der Waals surface area contributed by atoms with E-state index >= 15 is 0 Å². The van der Waals surface area contributed by atoms with E-state index in [4.69, 9.17) is 11.6 Å². The molecule has 8 heteroatoms. The van der Waals surface area contributed by atoms with Gasteiger partial charge in [-0.25, -0.2) is 12.7 Å². The van der Waals surface area contributed by atoms with Crippen molar-refractivity contribution in [2.75, 3.05) is 31.6 Å². The molecule has 0 saturated carbocycles. The summed E-state index contributed by atoms with van der Waals surface area (Å²) in [4.78, 5) is 14.5. The fraction of sp³-hybridized carbons (Fsp3) is 0.533. The zero-order valence-electron chi connectivity index (χ0n) is 12.9. The molecular weight excluding hydrogens is 356 g/mol. The Morgan fingerprint density at radius 3 is 2.35 bits per heavy atom. The third kappa shape index (κ3) is 3.38. The second-order valence-corrected chi connectivity index (χ2v) is 9.80. The summed E-state index contributed by atoms with van der Waals surface area (Å²) in [5, 5.41) is 0.605. The van der Waals surface area contributed by atoms with Gasteiger partial charge in [-0.2, -0.15) is 0 Å². The summed E-state index contributed by atoms with van der Waals surface area (Å²) < 4.78 is 24.9. The van der Waals surface area contributed by atoms with Crippen molar-refractivity contribution >= 4 is 39.3 Å². The van der Waals surface area contributed by atoms with Crippen molar-refractivity contribution in [2.24, 2.45) is 0 Å². The van der Waals surface area contributed by atoms with Crippen molar-refractivity contribution in [3.8, 4) is 0 Å². The molecule has 0 aliphatic carbocycles. The first-order chi connectivity index (χ1) is 10.8. The third-order valence-electron chi connectivity index (χ3n) is 4.49. The molecule has 0 bridgehead atoms. The summed E-state index contributed by atoms with van der Waals surface area (Å²) in [6, 6.07) is 6.92. The highest BCUT2D eigenvalue weighted by molar-refractivity contribution is 8.00. The Kier molecular flexibility index (Phi) is 4.66. The molecule has 2 saturated heterocycles. The SMILES string of the molecule is CS(=O)(=O)N1CCC2(CC1)SCCN2C(=O)c1ccc(Cl)cc1. The average Bonchev–Trinajstić information content (AvgIpc) is 2.90. The number of amides is 1. The van der Waals surface area contributed by atoms with Crippen molar-refractivity contribution in [3.63, 3.8) is 0 Å². The molecule has 126 valence electrons. The van der Waals surface area contributed by atoms with Crippen LogP contribution >= 0.6 is 23.4 Å². The van der Waals surface area contributed by atoms with Crippen molar-refractivity contribution in [2.45, 2.75) is 17.7 Å². The van der Waals surface area contributed by atoms with E-state index in [1.54, 1.807) is 36.0 Å². The average molecular weight is 375 g/mol. The van der Waals surface area contributed by atoms with Gasteiger partial charge < -0.3 is 4.90 Å². The maximum Gasteiger partial charge on any atom is 0.254 e. The summed E-state index contributed by atoms with van der Waals surface area (Å²) in [5.41, 5.74) is 0.627. The molecule has 0 radical (unpaired) electrons. The molecule has 3 rings (SSSR count). The van der Waals surface area contributed by atoms with Crippen molar-refractivity contribution in [1.29, 1.82) is 0 Å². The van der Waals surface area contributed by atoms with Crippen LogP contribution in [0.25, 0.3) is 0 Å². The Bertz CT molecular complexity index is 698. The van der Waals surface area contributed by atoms with Gasteiger partial charge in [0.15, 0.2) is 0 Å². The maximum atomic E-state index is 12.8. The molecule has 1 aromatic carbocycles. The van der Waals surface area contributed by atoms with Crippen LogP contribution in [0.2, 0.25) is 5.02 Å². The maximum absolute atomic E-state index is 12.8. The summed E-state index contributed by atoms with van der Waals surface area (Å²) >= 11 is 7.66. The number of piperidine rings is 1. The molecule has 2 aliphatic heterocycles. The minimum atomic E-state index is -3.16. The van der Waals surface area contributed by atoms with Crippen molar-refractivity contribution < 1.29 is 13.2 Å². The largest absolute Gasteiger partial charge is 0.323 e. The van der Waals surface area contributed by atoms with Crippen LogP contribution in [0.5, 0.6) is 0 Å². The van der Waals surface area contributed by atoms with Crippen LogP contribution in [0, 0.1) is 0 Å². The fourth-order valence-electron chi connectivity index (χ4n) is 3.23. The molecule has 2 aliphatic rings. The van der Waals surface area contributed by atoms with Gasteiger partial charge >= 0.3 is 0 Å². The predicted octanol–water partition coefficient (Wildman–Crippen LogP) is 2.28. The van der Waals surface area contributed by atoms with Gasteiger partial charge in [-0.05, 0) is 37.1 Å². The zero-order chi connectivity index (χ0) is 16.7. The lowest BCUT2D eigenvalue weighted by Gasteiger charge is -2.43. The molecule has 23 heavy (non-hydrogen) atoms. The highest BCUT2D eigenvalue weighted by Gasteiger charge is 2.47. The van der Waals surface area contributed by atoms with Crippen molar-refractivity contribution in [3.05, 3.63) is 34.9 Å². The van der Waals surface area contributed by atoms with Gasteiger partial charge in [-0.15, -0.1) is 11.8 Å². The predicted molar refractivity (Wildman–Crippen MR) is 93.3 cm³/mol. The molecule has 0 N–H and O–H groups in total. The first-order valence-electron chi connectivity index (χ1n) is 7.48. The van der Waals surface area contributed by atoms with Gasteiger partial charge in [0.25, 0.3) is 5.91 Å². The van der Waals surface area contributed by atoms with Crippen LogP contribution < -0.4 is 0 Å². The second-order valence-electron chi connectivity index (χ2n) is 5.92. The Labute approximate surface area is 146 Å². The quantitative estimate of drug-likeness (QED) is 0.796. The van der Waals surface area contributed by atoms with E-state index in [0.717, 1.165) is 5.75 Å². The van der Waals surface area contributed by atoms with Crippen LogP contribution in [0.4, 0.5) is 0 Å². The normalized spacial score (nSPS) is 21.7. The van der Waals surface area contributed by atoms with E-state index in [1.165, 1.54) is 10.6 Å². The summed E-state index contributed by atoms with van der Waals surface area (Å²) in [6.07, 6.45) is 2.58. The van der Waals surface area contributed by atoms with E-state index in [1.807, 2.05) is 4.90 Å². The van der Waals surface area contributed by atoms with Gasteiger partial charge in [0.1, 0.15) is 0 Å². The number of benzene rings is 1. The van der Waals surface area contributed by atoms with Crippen LogP contribution in [-0.2, 0) is 10.0 Å². The van der Waals surface area contributed by atoms with Crippen LogP contribution in [0.1, 0.15) is 23.2 Å². The standard InChI is InChI=1S/C15H19ClN2O3S2/c1-23(20,21)17-8-6-15(7-9-17)18(10-11-22-15)14(19)12-2-4-13(16)5-3-12/h2-5H,6-11H2,1H3. The molecule has 0 aromatic heterocycles. The van der Waals surface area contributed by atoms with E-state index < -0.39 is 10.0 Å². The topological polar surface area (TPSA) is 57.7 Å². The molecule has 1 aromatic rings. The molecule has 0 unspecified atom stereocenters. The van der Waals surface area contributed by atoms with Gasteiger partial charge in [-0.3, -0.25) is 4.79 Å². The number of hydrogen-bond donors (Lipinski definition) is 0. The lowest BCUT2D eigenvalue weighted by molar-refractivity contribution is 0.0605. The van der Waals surface area contributed by atoms with E-state index in [2.05, 4.69) is 0 Å². The molecule has 1 spiro atoms. The van der Waals surface area contributed by atoms with Crippen LogP contribution in [-0.4, -0.2) is 60.0 Å². The van der Waals surface area contributed by atoms with E-state index in [9.17, 15) is 13.2 Å². The van der Waals surface area contributed by atoms with Gasteiger partial charge in [0.2, 0.25) is 10.0 Å². The van der Waals surface area contributed by atoms with Crippen LogP contribution in [0.15, 0.2) is 24.3 Å². The summed E-state index contributed by atoms with van der Waals surface area (Å²) in [7, 11) is -3.16. The number of sulfonamides is 1. The monoisotopic (exact) mass is 374 g/mol. The third-order valence-corrected chi connectivity index (χ3v) is 7.59. The van der Waals surface area contributed by atoms with E-state index in [0.29, 0.717) is 43.1 Å². The summed E-state index contributed by atoms with van der Waals surface area (Å²) in [5.74, 6) is 0.887. The lowest BCUT2D eigenvalue weighted by Crippen LogP contribution is -2.53. The number of halogens is 1. The van der Waals surface area contributed by atoms with Crippen LogP contribution in [0.3, 0.4) is 0 Å². The molecule has 1 amide bonds. The molecule has 0 atom stereocenters. The zero-order valence-corrected chi connectivity index (χ0v) is 15.3. The first kappa shape index (κ1) is 17.1. The highest BCUT2D eigenvalue weighted by Crippen LogP contribution is 2.44. The Morgan fingerprint density at radius 1 is 1.17 bits per heavy atom. The Morgan fingerprint density at radius 2 is 1.78 bits per heavy atom. The van der Waals surface area contributed by atoms with Gasteiger partial charge in [0.05, 0.1) is 11.1 Å². The second kappa shape index (κ2) is 6.27. The first-order valence-corrected chi connectivity index (χ1v) is 10.7. The van der Waals surface area contributed by atoms with Gasteiger partial charge in [-0.1, -0.05) is 11.6 Å². The minimum absolute atomic E-state index is 0.000489. The number of carbonyl (C=O) groups is 1. The summed E-state index contributed by atoms with van der Waals surface area (Å²) in [6.45, 7) is 1.64. The minimum Gasteiger partial charge on any atom is -0.323 e. The smallest absolute Gasteiger partial charge is 0.254 e.